The lowest BCUT2D eigenvalue weighted by molar-refractivity contribution is 0.0941. The maximum absolute atomic E-state index is 13.1. The van der Waals surface area contributed by atoms with Gasteiger partial charge in [-0.05, 0) is 46.7 Å². The van der Waals surface area contributed by atoms with Crippen LogP contribution in [-0.2, 0) is 0 Å². The van der Waals surface area contributed by atoms with Gasteiger partial charge in [0, 0.05) is 30.2 Å². The van der Waals surface area contributed by atoms with E-state index >= 15 is 0 Å². The van der Waals surface area contributed by atoms with Crippen LogP contribution in [0.3, 0.4) is 0 Å². The number of carbonyl (C=O) groups is 1. The summed E-state index contributed by atoms with van der Waals surface area (Å²) in [6.45, 7) is 6.92. The van der Waals surface area contributed by atoms with E-state index in [1.54, 1.807) is 6.20 Å². The maximum Gasteiger partial charge on any atom is 0.252 e. The van der Waals surface area contributed by atoms with Crippen LogP contribution in [0.1, 0.15) is 50.0 Å². The number of nitrogens with zero attached hydrogens (tertiary/aromatic N) is 4. The Bertz CT molecular complexity index is 1010. The normalized spacial score (nSPS) is 15.2. The van der Waals surface area contributed by atoms with Gasteiger partial charge < -0.3 is 5.32 Å². The second kappa shape index (κ2) is 7.95. The number of fused-ring (bicyclic) bond motifs is 1. The van der Waals surface area contributed by atoms with Crippen LogP contribution in [0.15, 0.2) is 42.6 Å². The Morgan fingerprint density at radius 3 is 2.62 bits per heavy atom. The van der Waals surface area contributed by atoms with E-state index in [9.17, 15) is 4.79 Å². The van der Waals surface area contributed by atoms with E-state index in [0.717, 1.165) is 22.3 Å². The van der Waals surface area contributed by atoms with Crippen LogP contribution in [0, 0.1) is 0 Å². The highest BCUT2D eigenvalue weighted by atomic mass is 16.1. The largest absolute Gasteiger partial charge is 0.350 e. The van der Waals surface area contributed by atoms with Crippen LogP contribution in [0.2, 0.25) is 0 Å². The molecule has 1 aliphatic rings. The fraction of sp³-hybridized carbons (Fsp3) is 0.435. The lowest BCUT2D eigenvalue weighted by Gasteiger charge is -2.24. The number of amides is 1. The molecule has 0 bridgehead atoms. The summed E-state index contributed by atoms with van der Waals surface area (Å²) in [6, 6.07) is 13.0. The summed E-state index contributed by atoms with van der Waals surface area (Å²) >= 11 is 0. The first-order valence-electron chi connectivity index (χ1n) is 10.4. The summed E-state index contributed by atoms with van der Waals surface area (Å²) in [6.07, 6.45) is 4.27. The Morgan fingerprint density at radius 1 is 1.24 bits per heavy atom. The molecule has 152 valence electrons. The fourth-order valence-electron chi connectivity index (χ4n) is 3.66. The van der Waals surface area contributed by atoms with E-state index in [1.807, 2.05) is 41.1 Å². The average molecular weight is 392 g/mol. The van der Waals surface area contributed by atoms with Crippen LogP contribution in [0.4, 0.5) is 0 Å². The zero-order chi connectivity index (χ0) is 20.5. The molecule has 1 fully saturated rings. The Balaban J connectivity index is 1.67. The van der Waals surface area contributed by atoms with Crippen LogP contribution >= 0.6 is 0 Å². The Morgan fingerprint density at radius 2 is 1.97 bits per heavy atom. The monoisotopic (exact) mass is 391 g/mol. The molecule has 6 nitrogen and oxygen atoms in total. The highest BCUT2D eigenvalue weighted by Crippen LogP contribution is 2.28. The molecule has 0 saturated heterocycles. The predicted octanol–water partition coefficient (Wildman–Crippen LogP) is 3.89. The molecule has 3 aromatic rings. The van der Waals surface area contributed by atoms with Gasteiger partial charge in [0.05, 0.1) is 22.8 Å². The molecule has 0 spiro atoms. The van der Waals surface area contributed by atoms with E-state index in [4.69, 9.17) is 4.98 Å². The number of pyridine rings is 1. The molecular weight excluding hydrogens is 362 g/mol. The molecule has 0 radical (unpaired) electrons. The molecule has 1 unspecified atom stereocenters. The molecule has 6 heteroatoms. The van der Waals surface area contributed by atoms with E-state index in [1.165, 1.54) is 12.8 Å². The number of rotatable bonds is 7. The Hall–Kier alpha value is -2.73. The topological polar surface area (TPSA) is 63.1 Å². The molecule has 1 aromatic carbocycles. The van der Waals surface area contributed by atoms with Crippen LogP contribution in [0.5, 0.6) is 0 Å². The number of hydrogen-bond acceptors (Lipinski definition) is 4. The van der Waals surface area contributed by atoms with Crippen LogP contribution < -0.4 is 5.32 Å². The summed E-state index contributed by atoms with van der Waals surface area (Å²) in [5, 5.41) is 8.41. The van der Waals surface area contributed by atoms with Gasteiger partial charge in [0.2, 0.25) is 0 Å². The first kappa shape index (κ1) is 19.6. The smallest absolute Gasteiger partial charge is 0.252 e. The predicted molar refractivity (Wildman–Crippen MR) is 116 cm³/mol. The highest BCUT2D eigenvalue weighted by Gasteiger charge is 2.29. The third-order valence-electron chi connectivity index (χ3n) is 5.75. The van der Waals surface area contributed by atoms with Crippen molar-refractivity contribution in [3.63, 3.8) is 0 Å². The van der Waals surface area contributed by atoms with Gasteiger partial charge in [-0.2, -0.15) is 5.10 Å². The maximum atomic E-state index is 13.1. The molecule has 1 amide bonds. The third-order valence-corrected chi connectivity index (χ3v) is 5.75. The number of hydrogen-bond donors (Lipinski definition) is 1. The zero-order valence-corrected chi connectivity index (χ0v) is 17.6. The van der Waals surface area contributed by atoms with Crippen molar-refractivity contribution in [2.45, 2.75) is 51.7 Å². The van der Waals surface area contributed by atoms with Gasteiger partial charge in [0.1, 0.15) is 0 Å². The average Bonchev–Trinajstić information content (AvgIpc) is 3.49. The molecular formula is C23H29N5O. The number of aromatic nitrogens is 3. The Labute approximate surface area is 171 Å². The summed E-state index contributed by atoms with van der Waals surface area (Å²) in [4.78, 5) is 20.3. The van der Waals surface area contributed by atoms with Crippen molar-refractivity contribution < 1.29 is 4.79 Å². The molecule has 29 heavy (non-hydrogen) atoms. The van der Waals surface area contributed by atoms with Gasteiger partial charge >= 0.3 is 0 Å². The van der Waals surface area contributed by atoms with Gasteiger partial charge in [0.25, 0.3) is 5.91 Å². The fourth-order valence-corrected chi connectivity index (χ4v) is 3.66. The molecule has 0 aliphatic heterocycles. The van der Waals surface area contributed by atoms with Crippen LogP contribution in [0.25, 0.3) is 22.3 Å². The minimum absolute atomic E-state index is 0.0751. The van der Waals surface area contributed by atoms with Crippen molar-refractivity contribution in [3.8, 4) is 11.3 Å². The van der Waals surface area contributed by atoms with Crippen molar-refractivity contribution >= 4 is 16.9 Å². The summed E-state index contributed by atoms with van der Waals surface area (Å²) in [7, 11) is 2.14. The lowest BCUT2D eigenvalue weighted by atomic mass is 10.1. The molecule has 1 N–H and O–H groups in total. The van der Waals surface area contributed by atoms with Crippen molar-refractivity contribution in [1.29, 1.82) is 0 Å². The molecule has 1 aliphatic carbocycles. The second-order valence-electron chi connectivity index (χ2n) is 8.30. The number of benzene rings is 1. The highest BCUT2D eigenvalue weighted by molar-refractivity contribution is 6.06. The van der Waals surface area contributed by atoms with Crippen molar-refractivity contribution in [2.75, 3.05) is 13.6 Å². The van der Waals surface area contributed by atoms with Crippen molar-refractivity contribution in [3.05, 3.63) is 48.2 Å². The third kappa shape index (κ3) is 4.03. The van der Waals surface area contributed by atoms with Crippen molar-refractivity contribution in [2.24, 2.45) is 0 Å². The SMILES string of the molecule is CC(CNC(=O)c1cc(-c2ccccc2)nc2c1cnn2C(C)C)N(C)C1CC1. The number of nitrogens with one attached hydrogen (secondary N) is 1. The van der Waals surface area contributed by atoms with E-state index < -0.39 is 0 Å². The quantitative estimate of drug-likeness (QED) is 0.664. The first-order valence-corrected chi connectivity index (χ1v) is 10.4. The van der Waals surface area contributed by atoms with Gasteiger partial charge in [-0.1, -0.05) is 30.3 Å². The molecule has 2 aromatic heterocycles. The zero-order valence-electron chi connectivity index (χ0n) is 17.6. The standard InChI is InChI=1S/C23H29N5O/c1-15(2)28-22-20(14-25-28)19(12-21(26-22)17-8-6-5-7-9-17)23(29)24-13-16(3)27(4)18-10-11-18/h5-9,12,14-16,18H,10-11,13H2,1-4H3,(H,24,29). The second-order valence-corrected chi connectivity index (χ2v) is 8.30. The molecule has 4 rings (SSSR count). The minimum atomic E-state index is -0.0751. The summed E-state index contributed by atoms with van der Waals surface area (Å²) in [5.74, 6) is -0.0751. The van der Waals surface area contributed by atoms with E-state index in [2.05, 4.69) is 43.1 Å². The first-order chi connectivity index (χ1) is 14.0. The van der Waals surface area contributed by atoms with Crippen molar-refractivity contribution in [1.82, 2.24) is 25.0 Å². The van der Waals surface area contributed by atoms with Gasteiger partial charge in [-0.25, -0.2) is 9.67 Å². The number of likely N-dealkylation sites (N-methyl/N-ethyl adjacent to an activating group) is 1. The molecule has 2 heterocycles. The van der Waals surface area contributed by atoms with Gasteiger partial charge in [-0.3, -0.25) is 9.69 Å². The Kier molecular flexibility index (Phi) is 5.37. The summed E-state index contributed by atoms with van der Waals surface area (Å²) < 4.78 is 1.88. The number of carbonyl (C=O) groups excluding carboxylic acids is 1. The molecule has 1 saturated carbocycles. The summed E-state index contributed by atoms with van der Waals surface area (Å²) in [5.41, 5.74) is 3.15. The lowest BCUT2D eigenvalue weighted by Crippen LogP contribution is -2.41. The van der Waals surface area contributed by atoms with E-state index in [-0.39, 0.29) is 11.9 Å². The minimum Gasteiger partial charge on any atom is -0.350 e. The van der Waals surface area contributed by atoms with Crippen LogP contribution in [-0.4, -0.2) is 51.2 Å². The van der Waals surface area contributed by atoms with E-state index in [0.29, 0.717) is 24.2 Å². The van der Waals surface area contributed by atoms with Gasteiger partial charge in [-0.15, -0.1) is 0 Å². The molecule has 1 atom stereocenters. The van der Waals surface area contributed by atoms with Gasteiger partial charge in [0.15, 0.2) is 5.65 Å².